The number of hydrogen-bond donors (Lipinski definition) is 0. The molecule has 2 aliphatic rings. The van der Waals surface area contributed by atoms with Gasteiger partial charge in [-0.25, -0.2) is 0 Å². The molecular weight excluding hydrogens is 250 g/mol. The van der Waals surface area contributed by atoms with Crippen molar-refractivity contribution >= 4 is 15.9 Å². The predicted octanol–water partition coefficient (Wildman–Crippen LogP) is 3.43. The van der Waals surface area contributed by atoms with Gasteiger partial charge in [0.2, 0.25) is 0 Å². The average Bonchev–Trinajstić information content (AvgIpc) is 2.83. The number of rotatable bonds is 2. The highest BCUT2D eigenvalue weighted by Crippen LogP contribution is 2.38. The number of piperidine rings is 1. The van der Waals surface area contributed by atoms with Gasteiger partial charge in [-0.15, -0.1) is 0 Å². The predicted molar refractivity (Wildman–Crippen MR) is 65.7 cm³/mol. The molecule has 1 saturated carbocycles. The summed E-state index contributed by atoms with van der Waals surface area (Å²) in [5, 5.41) is 0. The zero-order valence-electron chi connectivity index (χ0n) is 8.82. The molecular formula is C13H16BrN. The number of likely N-dealkylation sites (tertiary alicyclic amines) is 1. The highest BCUT2D eigenvalue weighted by molar-refractivity contribution is 9.10. The van der Waals surface area contributed by atoms with E-state index in [2.05, 4.69) is 45.1 Å². The molecule has 0 N–H and O–H groups in total. The van der Waals surface area contributed by atoms with E-state index < -0.39 is 0 Å². The van der Waals surface area contributed by atoms with Crippen molar-refractivity contribution in [3.63, 3.8) is 0 Å². The molecule has 1 aliphatic carbocycles. The van der Waals surface area contributed by atoms with E-state index in [-0.39, 0.29) is 0 Å². The molecule has 1 saturated heterocycles. The van der Waals surface area contributed by atoms with Crippen LogP contribution in [0.5, 0.6) is 0 Å². The van der Waals surface area contributed by atoms with E-state index in [1.165, 1.54) is 35.8 Å². The largest absolute Gasteiger partial charge is 0.296 e. The minimum atomic E-state index is 0.877. The molecule has 1 aromatic rings. The first kappa shape index (κ1) is 9.86. The van der Waals surface area contributed by atoms with Crippen molar-refractivity contribution in [1.29, 1.82) is 0 Å². The maximum absolute atomic E-state index is 3.63. The third-order valence-corrected chi connectivity index (χ3v) is 4.63. The van der Waals surface area contributed by atoms with Crippen molar-refractivity contribution in [3.05, 3.63) is 34.3 Å². The molecule has 0 spiro atoms. The molecule has 2 bridgehead atoms. The van der Waals surface area contributed by atoms with Crippen molar-refractivity contribution < 1.29 is 0 Å². The first-order valence-electron chi connectivity index (χ1n) is 5.80. The van der Waals surface area contributed by atoms with Crippen molar-refractivity contribution in [2.75, 3.05) is 6.54 Å². The third kappa shape index (κ3) is 1.85. The van der Waals surface area contributed by atoms with Gasteiger partial charge in [-0.1, -0.05) is 34.1 Å². The lowest BCUT2D eigenvalue weighted by Gasteiger charge is -2.27. The van der Waals surface area contributed by atoms with E-state index in [0.29, 0.717) is 0 Å². The standard InChI is InChI=1S/C13H16BrN/c14-13-4-2-1-3-11(13)9-15-8-10-5-6-12(15)7-10/h1-4,10,12H,5-9H2. The van der Waals surface area contributed by atoms with Crippen molar-refractivity contribution in [2.24, 2.45) is 5.92 Å². The quantitative estimate of drug-likeness (QED) is 0.792. The molecule has 2 atom stereocenters. The van der Waals surface area contributed by atoms with Crippen LogP contribution in [-0.2, 0) is 6.54 Å². The smallest absolute Gasteiger partial charge is 0.0247 e. The van der Waals surface area contributed by atoms with Crippen molar-refractivity contribution in [3.8, 4) is 0 Å². The van der Waals surface area contributed by atoms with E-state index >= 15 is 0 Å². The van der Waals surface area contributed by atoms with Gasteiger partial charge in [-0.2, -0.15) is 0 Å². The Morgan fingerprint density at radius 1 is 1.27 bits per heavy atom. The highest BCUT2D eigenvalue weighted by atomic mass is 79.9. The molecule has 0 amide bonds. The second kappa shape index (κ2) is 3.91. The molecule has 1 heterocycles. The molecule has 1 aromatic carbocycles. The zero-order chi connectivity index (χ0) is 10.3. The van der Waals surface area contributed by atoms with Crippen LogP contribution in [0.2, 0.25) is 0 Å². The van der Waals surface area contributed by atoms with Crippen LogP contribution in [0.3, 0.4) is 0 Å². The van der Waals surface area contributed by atoms with Gasteiger partial charge in [0.15, 0.2) is 0 Å². The molecule has 80 valence electrons. The Bertz CT molecular complexity index is 363. The van der Waals surface area contributed by atoms with Crippen LogP contribution >= 0.6 is 15.9 Å². The SMILES string of the molecule is Brc1ccccc1CN1CC2CCC1C2. The van der Waals surface area contributed by atoms with Crippen LogP contribution in [-0.4, -0.2) is 17.5 Å². The average molecular weight is 266 g/mol. The summed E-state index contributed by atoms with van der Waals surface area (Å²) in [6, 6.07) is 9.47. The Morgan fingerprint density at radius 3 is 2.80 bits per heavy atom. The van der Waals surface area contributed by atoms with E-state index in [4.69, 9.17) is 0 Å². The summed E-state index contributed by atoms with van der Waals surface area (Å²) in [6.45, 7) is 2.45. The van der Waals surface area contributed by atoms with Gasteiger partial charge in [0, 0.05) is 23.6 Å². The van der Waals surface area contributed by atoms with Crippen LogP contribution in [0.15, 0.2) is 28.7 Å². The maximum atomic E-state index is 3.63. The molecule has 3 rings (SSSR count). The Morgan fingerprint density at radius 2 is 2.13 bits per heavy atom. The van der Waals surface area contributed by atoms with Gasteiger partial charge in [0.1, 0.15) is 0 Å². The molecule has 2 fully saturated rings. The Balaban J connectivity index is 1.73. The lowest BCUT2D eigenvalue weighted by atomic mass is 10.1. The third-order valence-electron chi connectivity index (χ3n) is 3.85. The summed E-state index contributed by atoms with van der Waals surface area (Å²) in [5.74, 6) is 0.998. The fourth-order valence-electron chi connectivity index (χ4n) is 3.07. The molecule has 2 unspecified atom stereocenters. The van der Waals surface area contributed by atoms with Gasteiger partial charge in [0.05, 0.1) is 0 Å². The van der Waals surface area contributed by atoms with Gasteiger partial charge < -0.3 is 0 Å². The Hall–Kier alpha value is -0.340. The monoisotopic (exact) mass is 265 g/mol. The Labute approximate surface area is 99.6 Å². The minimum Gasteiger partial charge on any atom is -0.296 e. The van der Waals surface area contributed by atoms with Crippen molar-refractivity contribution in [1.82, 2.24) is 4.90 Å². The fourth-order valence-corrected chi connectivity index (χ4v) is 3.48. The summed E-state index contributed by atoms with van der Waals surface area (Å²) < 4.78 is 1.26. The lowest BCUT2D eigenvalue weighted by Crippen LogP contribution is -2.31. The van der Waals surface area contributed by atoms with Crippen LogP contribution < -0.4 is 0 Å². The lowest BCUT2D eigenvalue weighted by molar-refractivity contribution is 0.205. The maximum Gasteiger partial charge on any atom is 0.0247 e. The molecule has 1 nitrogen and oxygen atoms in total. The van der Waals surface area contributed by atoms with Crippen LogP contribution in [0.25, 0.3) is 0 Å². The normalized spacial score (nSPS) is 29.9. The van der Waals surface area contributed by atoms with Crippen LogP contribution in [0, 0.1) is 5.92 Å². The summed E-state index contributed by atoms with van der Waals surface area (Å²) in [6.07, 6.45) is 4.34. The van der Waals surface area contributed by atoms with E-state index in [1.807, 2.05) is 0 Å². The van der Waals surface area contributed by atoms with E-state index in [0.717, 1.165) is 18.5 Å². The first-order chi connectivity index (χ1) is 7.33. The Kier molecular flexibility index (Phi) is 2.57. The number of fused-ring (bicyclic) bond motifs is 2. The van der Waals surface area contributed by atoms with Gasteiger partial charge in [-0.3, -0.25) is 4.90 Å². The fraction of sp³-hybridized carbons (Fsp3) is 0.538. The van der Waals surface area contributed by atoms with Crippen molar-refractivity contribution in [2.45, 2.75) is 31.8 Å². The minimum absolute atomic E-state index is 0.877. The van der Waals surface area contributed by atoms with Gasteiger partial charge in [0.25, 0.3) is 0 Å². The molecule has 0 aromatic heterocycles. The van der Waals surface area contributed by atoms with E-state index in [1.54, 1.807) is 0 Å². The highest BCUT2D eigenvalue weighted by Gasteiger charge is 2.37. The second-order valence-electron chi connectivity index (χ2n) is 4.85. The number of benzene rings is 1. The van der Waals surface area contributed by atoms with E-state index in [9.17, 15) is 0 Å². The van der Waals surface area contributed by atoms with Gasteiger partial charge in [-0.05, 0) is 36.8 Å². The number of hydrogen-bond acceptors (Lipinski definition) is 1. The first-order valence-corrected chi connectivity index (χ1v) is 6.59. The second-order valence-corrected chi connectivity index (χ2v) is 5.71. The number of nitrogens with zero attached hydrogens (tertiary/aromatic N) is 1. The summed E-state index contributed by atoms with van der Waals surface area (Å²) >= 11 is 3.63. The number of halogens is 1. The molecule has 0 radical (unpaired) electrons. The summed E-state index contributed by atoms with van der Waals surface area (Å²) in [7, 11) is 0. The zero-order valence-corrected chi connectivity index (χ0v) is 10.4. The molecule has 1 aliphatic heterocycles. The van der Waals surface area contributed by atoms with Crippen LogP contribution in [0.4, 0.5) is 0 Å². The molecule has 15 heavy (non-hydrogen) atoms. The van der Waals surface area contributed by atoms with Crippen LogP contribution in [0.1, 0.15) is 24.8 Å². The molecule has 2 heteroatoms. The summed E-state index contributed by atoms with van der Waals surface area (Å²) in [4.78, 5) is 2.66. The summed E-state index contributed by atoms with van der Waals surface area (Å²) in [5.41, 5.74) is 1.44. The van der Waals surface area contributed by atoms with Gasteiger partial charge >= 0.3 is 0 Å². The topological polar surface area (TPSA) is 3.24 Å².